The molecule has 0 atom stereocenters. The van der Waals surface area contributed by atoms with Gasteiger partial charge in [-0.15, -0.1) is 11.3 Å². The first-order chi connectivity index (χ1) is 12.9. The minimum atomic E-state index is -0.301. The minimum Gasteiger partial charge on any atom is -0.398 e. The van der Waals surface area contributed by atoms with Crippen LogP contribution in [-0.4, -0.2) is 16.6 Å². The molecule has 3 rings (SSSR count). The van der Waals surface area contributed by atoms with E-state index in [-0.39, 0.29) is 5.91 Å². The van der Waals surface area contributed by atoms with Gasteiger partial charge in [0.05, 0.1) is 11.1 Å². The zero-order valence-corrected chi connectivity index (χ0v) is 15.7. The number of aryl methyl sites for hydroxylation is 2. The number of carbonyl (C=O) groups is 1. The van der Waals surface area contributed by atoms with Crippen LogP contribution in [0.3, 0.4) is 0 Å². The Morgan fingerprint density at radius 2 is 2.07 bits per heavy atom. The summed E-state index contributed by atoms with van der Waals surface area (Å²) >= 11 is 1.37. The Balaban J connectivity index is 1.88. The van der Waals surface area contributed by atoms with Gasteiger partial charge in [-0.05, 0) is 49.2 Å². The van der Waals surface area contributed by atoms with Crippen LogP contribution in [-0.2, 0) is 0 Å². The lowest BCUT2D eigenvalue weighted by atomic mass is 10.0. The summed E-state index contributed by atoms with van der Waals surface area (Å²) in [6.45, 7) is 3.77. The number of aromatic nitrogens is 1. The highest BCUT2D eigenvalue weighted by molar-refractivity contribution is 7.12. The number of pyridine rings is 1. The van der Waals surface area contributed by atoms with E-state index in [0.29, 0.717) is 33.9 Å². The van der Waals surface area contributed by atoms with Gasteiger partial charge in [0.25, 0.3) is 5.91 Å². The molecule has 2 heterocycles. The van der Waals surface area contributed by atoms with Crippen molar-refractivity contribution in [1.82, 2.24) is 4.98 Å². The second kappa shape index (κ2) is 7.40. The van der Waals surface area contributed by atoms with Crippen LogP contribution in [0.25, 0.3) is 0 Å². The molecule has 6 nitrogen and oxygen atoms in total. The molecule has 0 saturated heterocycles. The summed E-state index contributed by atoms with van der Waals surface area (Å²) in [5, 5.41) is 19.8. The van der Waals surface area contributed by atoms with Gasteiger partial charge in [0.15, 0.2) is 0 Å². The number of thiophene rings is 1. The standard InChI is InChI=1S/C20H17N5OS/c1-11-5-12(2)19(24-9-11)20(26)25-14-3-4-16(22)15(7-14)18(23)17-6-13(8-21)10-27-17/h3-7,9-10,23H,22H2,1-2H3,(H,25,26)/p+1. The van der Waals surface area contributed by atoms with Crippen molar-refractivity contribution in [3.05, 3.63) is 74.7 Å². The third-order valence-electron chi connectivity index (χ3n) is 4.03. The molecule has 0 aliphatic rings. The van der Waals surface area contributed by atoms with E-state index in [1.54, 1.807) is 35.8 Å². The molecular formula is C20H18N5OS+. The van der Waals surface area contributed by atoms with Gasteiger partial charge >= 0.3 is 0 Å². The average Bonchev–Trinajstić information content (AvgIpc) is 3.12. The largest absolute Gasteiger partial charge is 0.398 e. The van der Waals surface area contributed by atoms with Gasteiger partial charge in [0.1, 0.15) is 16.6 Å². The fraction of sp³-hybridized carbons (Fsp3) is 0.100. The normalized spacial score (nSPS) is 10.3. The maximum absolute atomic E-state index is 12.5. The molecule has 1 amide bonds. The molecule has 0 unspecified atom stereocenters. The van der Waals surface area contributed by atoms with Gasteiger partial charge in [0.2, 0.25) is 5.71 Å². The minimum absolute atomic E-state index is 0.301. The van der Waals surface area contributed by atoms with E-state index in [9.17, 15) is 4.79 Å². The molecule has 134 valence electrons. The van der Waals surface area contributed by atoms with Crippen molar-refractivity contribution >= 4 is 34.3 Å². The highest BCUT2D eigenvalue weighted by Gasteiger charge is 2.18. The topological polar surface area (TPSA) is 117 Å². The summed E-state index contributed by atoms with van der Waals surface area (Å²) in [4.78, 5) is 17.5. The molecule has 2 aromatic heterocycles. The maximum atomic E-state index is 12.5. The van der Waals surface area contributed by atoms with Gasteiger partial charge < -0.3 is 11.1 Å². The Morgan fingerprint density at radius 3 is 2.74 bits per heavy atom. The van der Waals surface area contributed by atoms with Crippen molar-refractivity contribution < 1.29 is 10.2 Å². The number of amides is 1. The number of nitriles is 1. The van der Waals surface area contributed by atoms with Crippen LogP contribution in [0.15, 0.2) is 41.9 Å². The van der Waals surface area contributed by atoms with Crippen molar-refractivity contribution in [2.24, 2.45) is 0 Å². The van der Waals surface area contributed by atoms with Crippen molar-refractivity contribution in [2.45, 2.75) is 13.8 Å². The van der Waals surface area contributed by atoms with E-state index in [0.717, 1.165) is 16.0 Å². The van der Waals surface area contributed by atoms with Gasteiger partial charge in [-0.1, -0.05) is 6.07 Å². The van der Waals surface area contributed by atoms with Crippen molar-refractivity contribution in [3.63, 3.8) is 0 Å². The Morgan fingerprint density at radius 1 is 1.30 bits per heavy atom. The first-order valence-corrected chi connectivity index (χ1v) is 9.03. The first kappa shape index (κ1) is 18.3. The molecule has 0 spiro atoms. The molecule has 0 aliphatic carbocycles. The van der Waals surface area contributed by atoms with Gasteiger partial charge in [-0.2, -0.15) is 5.26 Å². The van der Waals surface area contributed by atoms with Crippen molar-refractivity contribution in [2.75, 3.05) is 11.1 Å². The van der Waals surface area contributed by atoms with E-state index in [4.69, 9.17) is 16.4 Å². The third-order valence-corrected chi connectivity index (χ3v) is 4.99. The van der Waals surface area contributed by atoms with E-state index in [1.807, 2.05) is 19.9 Å². The summed E-state index contributed by atoms with van der Waals surface area (Å²) in [7, 11) is 0. The first-order valence-electron chi connectivity index (χ1n) is 8.15. The predicted octanol–water partition coefficient (Wildman–Crippen LogP) is 2.06. The number of benzene rings is 1. The second-order valence-electron chi connectivity index (χ2n) is 6.16. The fourth-order valence-electron chi connectivity index (χ4n) is 2.68. The Bertz CT molecular complexity index is 1090. The predicted molar refractivity (Wildman–Crippen MR) is 107 cm³/mol. The quantitative estimate of drug-likeness (QED) is 0.477. The Hall–Kier alpha value is -3.50. The summed E-state index contributed by atoms with van der Waals surface area (Å²) < 4.78 is 0. The van der Waals surface area contributed by atoms with Crippen LogP contribution in [0.1, 0.15) is 37.6 Å². The SMILES string of the molecule is Cc1cnc(C(=O)Nc2ccc(N)c(C(=[NH2+])c3cc(C#N)cs3)c2)c(C)c1. The third kappa shape index (κ3) is 3.86. The molecule has 1 aromatic carbocycles. The fourth-order valence-corrected chi connectivity index (χ4v) is 3.49. The molecule has 7 heteroatoms. The number of hydrogen-bond donors (Lipinski definition) is 3. The van der Waals surface area contributed by atoms with E-state index < -0.39 is 0 Å². The smallest absolute Gasteiger partial charge is 0.274 e. The van der Waals surface area contributed by atoms with E-state index in [2.05, 4.69) is 16.4 Å². The highest BCUT2D eigenvalue weighted by Crippen LogP contribution is 2.24. The molecule has 0 radical (unpaired) electrons. The number of hydrogen-bond acceptors (Lipinski definition) is 5. The molecule has 0 fully saturated rings. The zero-order valence-electron chi connectivity index (χ0n) is 14.9. The van der Waals surface area contributed by atoms with Gasteiger partial charge in [-0.3, -0.25) is 15.2 Å². The lowest BCUT2D eigenvalue weighted by molar-refractivity contribution is -0.111. The number of carbonyl (C=O) groups excluding carboxylic acids is 1. The number of nitrogens with zero attached hydrogens (tertiary/aromatic N) is 2. The molecular weight excluding hydrogens is 358 g/mol. The van der Waals surface area contributed by atoms with E-state index in [1.165, 1.54) is 11.3 Å². The summed E-state index contributed by atoms with van der Waals surface area (Å²) in [5.74, 6) is -0.301. The van der Waals surface area contributed by atoms with E-state index >= 15 is 0 Å². The number of nitrogens with two attached hydrogens (primary N) is 2. The highest BCUT2D eigenvalue weighted by atomic mass is 32.1. The van der Waals surface area contributed by atoms with Crippen LogP contribution in [0.2, 0.25) is 0 Å². The summed E-state index contributed by atoms with van der Waals surface area (Å²) in [6.07, 6.45) is 1.66. The number of rotatable bonds is 4. The summed E-state index contributed by atoms with van der Waals surface area (Å²) in [6, 6.07) is 10.8. The average molecular weight is 376 g/mol. The summed E-state index contributed by atoms with van der Waals surface area (Å²) in [5.41, 5.74) is 10.9. The number of nitrogen functional groups attached to an aromatic ring is 1. The van der Waals surface area contributed by atoms with Crippen LogP contribution in [0.4, 0.5) is 11.4 Å². The van der Waals surface area contributed by atoms with Crippen molar-refractivity contribution in [3.8, 4) is 6.07 Å². The lowest BCUT2D eigenvalue weighted by Gasteiger charge is -2.10. The van der Waals surface area contributed by atoms with Gasteiger partial charge in [-0.25, -0.2) is 0 Å². The molecule has 0 saturated carbocycles. The second-order valence-corrected chi connectivity index (χ2v) is 7.07. The molecule has 5 N–H and O–H groups in total. The van der Waals surface area contributed by atoms with Crippen LogP contribution in [0.5, 0.6) is 0 Å². The maximum Gasteiger partial charge on any atom is 0.274 e. The molecule has 0 aliphatic heterocycles. The Labute approximate surface area is 160 Å². The molecule has 27 heavy (non-hydrogen) atoms. The zero-order chi connectivity index (χ0) is 19.6. The molecule has 3 aromatic rings. The molecule has 0 bridgehead atoms. The van der Waals surface area contributed by atoms with Crippen LogP contribution in [0, 0.1) is 25.2 Å². The van der Waals surface area contributed by atoms with Crippen LogP contribution >= 0.6 is 11.3 Å². The van der Waals surface area contributed by atoms with Crippen LogP contribution < -0.4 is 16.5 Å². The van der Waals surface area contributed by atoms with Gasteiger partial charge in [0, 0.05) is 23.0 Å². The lowest BCUT2D eigenvalue weighted by Crippen LogP contribution is -2.41. The number of nitrogens with one attached hydrogen (secondary N) is 1. The monoisotopic (exact) mass is 376 g/mol. The Kier molecular flexibility index (Phi) is 5.01. The van der Waals surface area contributed by atoms with Crippen molar-refractivity contribution in [1.29, 1.82) is 5.26 Å². The number of anilines is 2.